The zero-order chi connectivity index (χ0) is 13.9. The van der Waals surface area contributed by atoms with Crippen LogP contribution in [-0.4, -0.2) is 50.3 Å². The van der Waals surface area contributed by atoms with Gasteiger partial charge in [-0.05, 0) is 13.3 Å². The van der Waals surface area contributed by atoms with Crippen molar-refractivity contribution < 1.29 is 14.7 Å². The van der Waals surface area contributed by atoms with Gasteiger partial charge in [-0.1, -0.05) is 0 Å². The second-order valence-corrected chi connectivity index (χ2v) is 4.55. The van der Waals surface area contributed by atoms with Crippen LogP contribution in [0.2, 0.25) is 0 Å². The molecule has 2 N–H and O–H groups in total. The van der Waals surface area contributed by atoms with E-state index < -0.39 is 0 Å². The number of imidazole rings is 1. The van der Waals surface area contributed by atoms with Gasteiger partial charge in [0.15, 0.2) is 11.3 Å². The number of fused-ring (bicyclic) bond motifs is 1. The monoisotopic (exact) mass is 279 g/mol. The van der Waals surface area contributed by atoms with Gasteiger partial charge in [0.2, 0.25) is 11.9 Å². The third-order valence-electron chi connectivity index (χ3n) is 3.15. The Kier molecular flexibility index (Phi) is 3.66. The Balaban J connectivity index is 1.81. The minimum Gasteiger partial charge on any atom is -0.394 e. The van der Waals surface area contributed by atoms with E-state index in [0.29, 0.717) is 17.0 Å². The highest BCUT2D eigenvalue weighted by Gasteiger charge is 2.27. The average molecular weight is 279 g/mol. The van der Waals surface area contributed by atoms with E-state index in [9.17, 15) is 0 Å². The van der Waals surface area contributed by atoms with E-state index in [4.69, 9.17) is 14.7 Å². The highest BCUT2D eigenvalue weighted by molar-refractivity contribution is 5.82. The first-order chi connectivity index (χ1) is 9.81. The van der Waals surface area contributed by atoms with Crippen LogP contribution in [0.3, 0.4) is 0 Å². The highest BCUT2D eigenvalue weighted by Crippen LogP contribution is 2.21. The van der Waals surface area contributed by atoms with Crippen molar-refractivity contribution in [1.29, 1.82) is 0 Å². The third kappa shape index (κ3) is 2.39. The average Bonchev–Trinajstić information content (AvgIpc) is 3.08. The summed E-state index contributed by atoms with van der Waals surface area (Å²) in [5.74, 6) is 0.681. The minimum atomic E-state index is -0.387. The molecule has 2 aromatic rings. The first-order valence-electron chi connectivity index (χ1n) is 6.67. The van der Waals surface area contributed by atoms with Crippen LogP contribution in [0.1, 0.15) is 19.8 Å². The lowest BCUT2D eigenvalue weighted by molar-refractivity contribution is -0.140. The van der Waals surface area contributed by atoms with E-state index in [1.54, 1.807) is 6.33 Å². The van der Waals surface area contributed by atoms with Crippen molar-refractivity contribution in [3.8, 4) is 0 Å². The molecule has 0 unspecified atom stereocenters. The van der Waals surface area contributed by atoms with Gasteiger partial charge in [-0.3, -0.25) is 0 Å². The van der Waals surface area contributed by atoms with E-state index >= 15 is 0 Å². The van der Waals surface area contributed by atoms with E-state index in [1.807, 2.05) is 6.92 Å². The van der Waals surface area contributed by atoms with Crippen LogP contribution in [0.5, 0.6) is 0 Å². The Hall–Kier alpha value is -1.93. The zero-order valence-electron chi connectivity index (χ0n) is 11.2. The number of ether oxygens (including phenoxy) is 1. The number of hydrogen-bond acceptors (Lipinski definition) is 7. The molecule has 8 heteroatoms. The number of aliphatic hydroxyl groups is 1. The minimum absolute atomic E-state index is 0.0112. The molecule has 3 heterocycles. The Morgan fingerprint density at radius 1 is 1.45 bits per heavy atom. The molecule has 1 saturated heterocycles. The quantitative estimate of drug-likeness (QED) is 0.806. The van der Waals surface area contributed by atoms with Gasteiger partial charge >= 0.3 is 0 Å². The SMILES string of the molecule is CCNc1ncnc2c1ncn2O[C@@H]1CC[C@@H](CO)O1. The molecule has 1 fully saturated rings. The number of nitrogens with one attached hydrogen (secondary N) is 1. The molecule has 0 aromatic carbocycles. The van der Waals surface area contributed by atoms with E-state index in [0.717, 1.165) is 19.4 Å². The van der Waals surface area contributed by atoms with E-state index in [2.05, 4.69) is 20.3 Å². The van der Waals surface area contributed by atoms with Gasteiger partial charge in [0.1, 0.15) is 12.7 Å². The Labute approximate surface area is 115 Å². The Morgan fingerprint density at radius 2 is 2.35 bits per heavy atom. The van der Waals surface area contributed by atoms with Crippen molar-refractivity contribution in [2.24, 2.45) is 0 Å². The molecule has 0 aliphatic carbocycles. The van der Waals surface area contributed by atoms with Crippen molar-refractivity contribution in [2.75, 3.05) is 18.5 Å². The molecule has 108 valence electrons. The van der Waals surface area contributed by atoms with Gasteiger partial charge in [-0.2, -0.15) is 0 Å². The third-order valence-corrected chi connectivity index (χ3v) is 3.15. The smallest absolute Gasteiger partial charge is 0.225 e. The zero-order valence-corrected chi connectivity index (χ0v) is 11.2. The first-order valence-corrected chi connectivity index (χ1v) is 6.67. The van der Waals surface area contributed by atoms with Gasteiger partial charge in [-0.25, -0.2) is 15.0 Å². The molecule has 2 atom stereocenters. The standard InChI is InChI=1S/C12H17N5O3/c1-2-13-11-10-12(15-6-14-11)17(7-16-10)20-9-4-3-8(5-18)19-9/h6-9,18H,2-5H2,1H3,(H,13,14,15)/t8-,9+/m0/s1. The van der Waals surface area contributed by atoms with Crippen LogP contribution in [0.25, 0.3) is 11.2 Å². The fourth-order valence-corrected chi connectivity index (χ4v) is 2.20. The van der Waals surface area contributed by atoms with Crippen molar-refractivity contribution in [1.82, 2.24) is 19.7 Å². The summed E-state index contributed by atoms with van der Waals surface area (Å²) in [6.45, 7) is 2.75. The molecule has 2 aromatic heterocycles. The summed E-state index contributed by atoms with van der Waals surface area (Å²) in [7, 11) is 0. The predicted octanol–water partition coefficient (Wildman–Crippen LogP) is 0.184. The topological polar surface area (TPSA) is 94.3 Å². The molecular weight excluding hydrogens is 262 g/mol. The summed E-state index contributed by atoms with van der Waals surface area (Å²) >= 11 is 0. The largest absolute Gasteiger partial charge is 0.394 e. The number of nitrogens with zero attached hydrogens (tertiary/aromatic N) is 4. The van der Waals surface area contributed by atoms with Gasteiger partial charge in [-0.15, -0.1) is 4.73 Å². The molecule has 1 aliphatic heterocycles. The van der Waals surface area contributed by atoms with Gasteiger partial charge in [0.25, 0.3) is 0 Å². The summed E-state index contributed by atoms with van der Waals surface area (Å²) in [5, 5.41) is 12.2. The van der Waals surface area contributed by atoms with Crippen molar-refractivity contribution in [3.05, 3.63) is 12.7 Å². The molecule has 0 saturated carbocycles. The lowest BCUT2D eigenvalue weighted by Crippen LogP contribution is -2.26. The van der Waals surface area contributed by atoms with Crippen molar-refractivity contribution >= 4 is 17.0 Å². The second-order valence-electron chi connectivity index (χ2n) is 4.55. The van der Waals surface area contributed by atoms with Gasteiger partial charge in [0, 0.05) is 13.0 Å². The maximum absolute atomic E-state index is 9.05. The summed E-state index contributed by atoms with van der Waals surface area (Å²) < 4.78 is 7.02. The number of rotatable bonds is 5. The molecule has 0 amide bonds. The Bertz CT molecular complexity index is 587. The van der Waals surface area contributed by atoms with Crippen LogP contribution in [0, 0.1) is 0 Å². The van der Waals surface area contributed by atoms with Gasteiger partial charge in [0.05, 0.1) is 12.7 Å². The molecule has 8 nitrogen and oxygen atoms in total. The van der Waals surface area contributed by atoms with Crippen molar-refractivity contribution in [2.45, 2.75) is 32.2 Å². The molecule has 0 spiro atoms. The number of hydrogen-bond donors (Lipinski definition) is 2. The first kappa shape index (κ1) is 13.1. The normalized spacial score (nSPS) is 22.3. The summed E-state index contributed by atoms with van der Waals surface area (Å²) in [5.41, 5.74) is 1.25. The van der Waals surface area contributed by atoms with Crippen LogP contribution in [-0.2, 0) is 4.74 Å². The van der Waals surface area contributed by atoms with E-state index in [1.165, 1.54) is 11.1 Å². The summed E-state index contributed by atoms with van der Waals surface area (Å²) in [6.07, 6.45) is 3.99. The number of aliphatic hydroxyl groups excluding tert-OH is 1. The molecule has 0 radical (unpaired) electrons. The lowest BCUT2D eigenvalue weighted by Gasteiger charge is -2.14. The number of anilines is 1. The van der Waals surface area contributed by atoms with Crippen LogP contribution in [0.4, 0.5) is 5.82 Å². The number of aromatic nitrogens is 4. The van der Waals surface area contributed by atoms with Crippen LogP contribution in [0.15, 0.2) is 12.7 Å². The molecule has 0 bridgehead atoms. The summed E-state index contributed by atoms with van der Waals surface area (Å²) in [6, 6.07) is 0. The summed E-state index contributed by atoms with van der Waals surface area (Å²) in [4.78, 5) is 18.3. The fraction of sp³-hybridized carbons (Fsp3) is 0.583. The van der Waals surface area contributed by atoms with E-state index in [-0.39, 0.29) is 19.0 Å². The fourth-order valence-electron chi connectivity index (χ4n) is 2.20. The van der Waals surface area contributed by atoms with Crippen LogP contribution >= 0.6 is 0 Å². The predicted molar refractivity (Wildman–Crippen MR) is 71.0 cm³/mol. The molecular formula is C12H17N5O3. The Morgan fingerprint density at radius 3 is 3.10 bits per heavy atom. The second kappa shape index (κ2) is 5.59. The molecule has 3 rings (SSSR count). The van der Waals surface area contributed by atoms with Gasteiger partial charge < -0.3 is 20.0 Å². The maximum atomic E-state index is 9.05. The lowest BCUT2D eigenvalue weighted by atomic mass is 10.2. The van der Waals surface area contributed by atoms with Crippen molar-refractivity contribution in [3.63, 3.8) is 0 Å². The molecule has 20 heavy (non-hydrogen) atoms. The maximum Gasteiger partial charge on any atom is 0.225 e. The molecule has 1 aliphatic rings. The highest BCUT2D eigenvalue weighted by atomic mass is 16.8. The van der Waals surface area contributed by atoms with Crippen LogP contribution < -0.4 is 10.2 Å².